The smallest absolute Gasteiger partial charge is 0.423 e. The second-order valence-corrected chi connectivity index (χ2v) is 8.24. The summed E-state index contributed by atoms with van der Waals surface area (Å²) in [6.45, 7) is 11.3. The lowest BCUT2D eigenvalue weighted by molar-refractivity contribution is -0.0982. The van der Waals surface area contributed by atoms with E-state index in [-0.39, 0.29) is 0 Å². The van der Waals surface area contributed by atoms with Gasteiger partial charge in [-0.25, -0.2) is 0 Å². The highest BCUT2D eigenvalue weighted by atomic mass is 32.2. The maximum Gasteiger partial charge on any atom is 0.491 e. The van der Waals surface area contributed by atoms with Crippen LogP contribution in [0.3, 0.4) is 0 Å². The number of benzene rings is 1. The Morgan fingerprint density at radius 2 is 1.73 bits per heavy atom. The molecule has 5 heteroatoms. The van der Waals surface area contributed by atoms with E-state index in [1.807, 2.05) is 36.0 Å². The van der Waals surface area contributed by atoms with Gasteiger partial charge < -0.3 is 14.8 Å². The molecule has 1 unspecified atom stereocenters. The highest BCUT2D eigenvalue weighted by Gasteiger charge is 2.39. The predicted octanol–water partition coefficient (Wildman–Crippen LogP) is 2.97. The van der Waals surface area contributed by atoms with E-state index in [9.17, 15) is 10.1 Å². The molecule has 2 N–H and O–H groups in total. The Kier molecular flexibility index (Phi) is 6.99. The third kappa shape index (κ3) is 5.62. The summed E-state index contributed by atoms with van der Waals surface area (Å²) in [4.78, 5) is 0. The van der Waals surface area contributed by atoms with Gasteiger partial charge in [0.25, 0.3) is 0 Å². The lowest BCUT2D eigenvalue weighted by Crippen LogP contribution is -2.53. The van der Waals surface area contributed by atoms with Crippen LogP contribution in [0.15, 0.2) is 24.3 Å². The summed E-state index contributed by atoms with van der Waals surface area (Å²) >= 11 is 1.93. The Bertz CT molecular complexity index is 454. The number of aliphatic hydroxyl groups is 1. The van der Waals surface area contributed by atoms with Crippen LogP contribution in [0, 0.1) is 0 Å². The predicted molar refractivity (Wildman–Crippen MR) is 96.6 cm³/mol. The lowest BCUT2D eigenvalue weighted by Gasteiger charge is -2.38. The minimum absolute atomic E-state index is 0.654. The van der Waals surface area contributed by atoms with Gasteiger partial charge in [-0.3, -0.25) is 0 Å². The SMILES string of the molecule is CCC(C)SCc1ccc(B(O)OC(C)(C)C(C)(C)O)cc1. The molecule has 1 atom stereocenters. The Hall–Kier alpha value is -0.485. The van der Waals surface area contributed by atoms with Crippen LogP contribution >= 0.6 is 11.8 Å². The van der Waals surface area contributed by atoms with Crippen molar-refractivity contribution in [1.82, 2.24) is 0 Å². The second-order valence-electron chi connectivity index (χ2n) is 6.81. The summed E-state index contributed by atoms with van der Waals surface area (Å²) in [5, 5.41) is 21.0. The molecule has 0 bridgehead atoms. The van der Waals surface area contributed by atoms with E-state index in [4.69, 9.17) is 4.65 Å². The van der Waals surface area contributed by atoms with E-state index in [0.29, 0.717) is 10.7 Å². The first-order valence-electron chi connectivity index (χ1n) is 7.85. The fourth-order valence-electron chi connectivity index (χ4n) is 1.63. The lowest BCUT2D eigenvalue weighted by atomic mass is 9.76. The van der Waals surface area contributed by atoms with Gasteiger partial charge in [0.2, 0.25) is 0 Å². The van der Waals surface area contributed by atoms with Crippen molar-refractivity contribution >= 4 is 24.3 Å². The van der Waals surface area contributed by atoms with Crippen LogP contribution in [0.25, 0.3) is 0 Å². The van der Waals surface area contributed by atoms with Gasteiger partial charge in [-0.15, -0.1) is 0 Å². The van der Waals surface area contributed by atoms with Crippen LogP contribution in [-0.2, 0) is 10.4 Å². The maximum absolute atomic E-state index is 10.2. The summed E-state index contributed by atoms with van der Waals surface area (Å²) in [6, 6.07) is 7.82. The van der Waals surface area contributed by atoms with Gasteiger partial charge in [0.1, 0.15) is 0 Å². The van der Waals surface area contributed by atoms with Crippen LogP contribution in [0.1, 0.15) is 53.5 Å². The van der Waals surface area contributed by atoms with Gasteiger partial charge in [0.05, 0.1) is 11.2 Å². The Morgan fingerprint density at radius 3 is 2.18 bits per heavy atom. The minimum Gasteiger partial charge on any atom is -0.423 e. The standard InChI is InChI=1S/C17H29BO3S/c1-7-13(2)22-12-14-8-10-15(11-9-14)18(20)21-17(5,6)16(3,4)19/h8-11,13,19-20H,7,12H2,1-6H3. The molecule has 0 amide bonds. The van der Waals surface area contributed by atoms with Crippen molar-refractivity contribution in [3.05, 3.63) is 29.8 Å². The summed E-state index contributed by atoms with van der Waals surface area (Å²) in [5.74, 6) is 0.974. The average Bonchev–Trinajstić information content (AvgIpc) is 2.43. The summed E-state index contributed by atoms with van der Waals surface area (Å²) in [6.07, 6.45) is 1.17. The van der Waals surface area contributed by atoms with Crippen molar-refractivity contribution < 1.29 is 14.8 Å². The van der Waals surface area contributed by atoms with Crippen LogP contribution in [-0.4, -0.2) is 33.7 Å². The fraction of sp³-hybridized carbons (Fsp3) is 0.647. The topological polar surface area (TPSA) is 49.7 Å². The van der Waals surface area contributed by atoms with Gasteiger partial charge in [0, 0.05) is 11.0 Å². The van der Waals surface area contributed by atoms with E-state index in [1.165, 1.54) is 12.0 Å². The second kappa shape index (κ2) is 7.87. The molecule has 0 spiro atoms. The van der Waals surface area contributed by atoms with Crippen LogP contribution in [0.5, 0.6) is 0 Å². The molecule has 1 rings (SSSR count). The molecule has 3 nitrogen and oxygen atoms in total. The summed E-state index contributed by atoms with van der Waals surface area (Å²) in [7, 11) is -1.04. The quantitative estimate of drug-likeness (QED) is 0.722. The molecular formula is C17H29BO3S. The first-order valence-corrected chi connectivity index (χ1v) is 8.90. The molecule has 0 aliphatic rings. The molecule has 0 aliphatic carbocycles. The zero-order valence-corrected chi connectivity index (χ0v) is 15.4. The van der Waals surface area contributed by atoms with E-state index >= 15 is 0 Å². The summed E-state index contributed by atoms with van der Waals surface area (Å²) in [5.41, 5.74) is 0.0517. The molecule has 0 saturated heterocycles. The molecule has 22 heavy (non-hydrogen) atoms. The Labute approximate surface area is 139 Å². The van der Waals surface area contributed by atoms with Gasteiger partial charge >= 0.3 is 7.12 Å². The number of hydrogen-bond donors (Lipinski definition) is 2. The normalized spacial score (nSPS) is 14.0. The average molecular weight is 324 g/mol. The Morgan fingerprint density at radius 1 is 1.18 bits per heavy atom. The molecule has 0 fully saturated rings. The maximum atomic E-state index is 10.2. The molecule has 124 valence electrons. The van der Waals surface area contributed by atoms with Gasteiger partial charge in [-0.1, -0.05) is 38.1 Å². The third-order valence-electron chi connectivity index (χ3n) is 4.25. The molecule has 1 aromatic rings. The number of rotatable bonds is 8. The molecule has 1 aromatic carbocycles. The van der Waals surface area contributed by atoms with Crippen molar-refractivity contribution in [3.8, 4) is 0 Å². The molecule has 0 saturated carbocycles. The van der Waals surface area contributed by atoms with Crippen LogP contribution < -0.4 is 5.46 Å². The van der Waals surface area contributed by atoms with Gasteiger partial charge in [-0.2, -0.15) is 11.8 Å². The van der Waals surface area contributed by atoms with Crippen molar-refractivity contribution in [2.45, 2.75) is 70.2 Å². The van der Waals surface area contributed by atoms with Crippen LogP contribution in [0.2, 0.25) is 0 Å². The third-order valence-corrected chi connectivity index (χ3v) is 5.66. The zero-order chi connectivity index (χ0) is 17.0. The number of thioether (sulfide) groups is 1. The highest BCUT2D eigenvalue weighted by Crippen LogP contribution is 2.25. The molecule has 0 aromatic heterocycles. The fourth-order valence-corrected chi connectivity index (χ4v) is 2.53. The number of hydrogen-bond acceptors (Lipinski definition) is 4. The molecule has 0 aliphatic heterocycles. The van der Waals surface area contributed by atoms with Crippen molar-refractivity contribution in [3.63, 3.8) is 0 Å². The first-order chi connectivity index (χ1) is 10.1. The van der Waals surface area contributed by atoms with Crippen molar-refractivity contribution in [1.29, 1.82) is 0 Å². The van der Waals surface area contributed by atoms with E-state index in [0.717, 1.165) is 5.75 Å². The minimum atomic E-state index is -1.04. The van der Waals surface area contributed by atoms with Crippen LogP contribution in [0.4, 0.5) is 0 Å². The molecule has 0 heterocycles. The van der Waals surface area contributed by atoms with Crippen molar-refractivity contribution in [2.75, 3.05) is 0 Å². The monoisotopic (exact) mass is 324 g/mol. The largest absolute Gasteiger partial charge is 0.491 e. The van der Waals surface area contributed by atoms with Crippen molar-refractivity contribution in [2.24, 2.45) is 0 Å². The molecular weight excluding hydrogens is 295 g/mol. The first kappa shape index (κ1) is 19.6. The van der Waals surface area contributed by atoms with E-state index in [1.54, 1.807) is 27.7 Å². The zero-order valence-electron chi connectivity index (χ0n) is 14.6. The van der Waals surface area contributed by atoms with Gasteiger partial charge in [0.15, 0.2) is 0 Å². The van der Waals surface area contributed by atoms with Gasteiger partial charge in [-0.05, 0) is 45.1 Å². The summed E-state index contributed by atoms with van der Waals surface area (Å²) < 4.78 is 5.64. The highest BCUT2D eigenvalue weighted by molar-refractivity contribution is 7.99. The molecule has 0 radical (unpaired) electrons. The van der Waals surface area contributed by atoms with E-state index in [2.05, 4.69) is 13.8 Å². The van der Waals surface area contributed by atoms with E-state index < -0.39 is 18.3 Å². The Balaban J connectivity index is 2.66.